The highest BCUT2D eigenvalue weighted by atomic mass is 15.2. The predicted octanol–water partition coefficient (Wildman–Crippen LogP) is -0.104. The fourth-order valence-electron chi connectivity index (χ4n) is 0.800. The third-order valence-corrected chi connectivity index (χ3v) is 1.18. The molecule has 0 saturated carbocycles. The average Bonchev–Trinajstić information content (AvgIpc) is 2.19. The summed E-state index contributed by atoms with van der Waals surface area (Å²) in [4.78, 5) is 0. The van der Waals surface area contributed by atoms with Crippen LogP contribution < -0.4 is 10.6 Å². The van der Waals surface area contributed by atoms with Crippen molar-refractivity contribution in [3.8, 4) is 0 Å². The Morgan fingerprint density at radius 1 is 1.38 bits per heavy atom. The van der Waals surface area contributed by atoms with E-state index in [1.54, 1.807) is 6.08 Å². The van der Waals surface area contributed by atoms with E-state index >= 15 is 0 Å². The molecule has 0 aromatic rings. The molecule has 1 aliphatic heterocycles. The van der Waals surface area contributed by atoms with Crippen LogP contribution in [0.1, 0.15) is 0 Å². The van der Waals surface area contributed by atoms with Crippen LogP contribution in [0.25, 0.3) is 0 Å². The summed E-state index contributed by atoms with van der Waals surface area (Å²) in [6, 6.07) is 0. The van der Waals surface area contributed by atoms with Gasteiger partial charge in [0.25, 0.3) is 0 Å². The first kappa shape index (κ1) is 5.79. The summed E-state index contributed by atoms with van der Waals surface area (Å²) in [7, 11) is 0. The first-order chi connectivity index (χ1) is 3.93. The topological polar surface area (TPSA) is 24.1 Å². The Bertz CT molecular complexity index is 74.6. The maximum atomic E-state index is 3.59. The van der Waals surface area contributed by atoms with Gasteiger partial charge in [0.05, 0.1) is 6.17 Å². The first-order valence-corrected chi connectivity index (χ1v) is 2.86. The zero-order valence-corrected chi connectivity index (χ0v) is 4.85. The van der Waals surface area contributed by atoms with Gasteiger partial charge in [-0.3, -0.25) is 0 Å². The maximum Gasteiger partial charge on any atom is 0.0643 e. The van der Waals surface area contributed by atoms with Gasteiger partial charge in [-0.25, -0.2) is 0 Å². The Balaban J connectivity index is 2.14. The maximum absolute atomic E-state index is 3.59. The second-order valence-electron chi connectivity index (χ2n) is 1.81. The highest BCUT2D eigenvalue weighted by molar-refractivity contribution is 4.97. The van der Waals surface area contributed by atoms with E-state index in [9.17, 15) is 0 Å². The molecule has 0 bridgehead atoms. The van der Waals surface area contributed by atoms with Crippen LogP contribution in [0.4, 0.5) is 0 Å². The van der Waals surface area contributed by atoms with Crippen LogP contribution >= 0.6 is 0 Å². The molecule has 0 atom stereocenters. The Morgan fingerprint density at radius 2 is 2.00 bits per heavy atom. The number of hydrogen-bond donors (Lipinski definition) is 2. The van der Waals surface area contributed by atoms with E-state index in [0.717, 1.165) is 13.1 Å². The summed E-state index contributed by atoms with van der Waals surface area (Å²) >= 11 is 0. The van der Waals surface area contributed by atoms with Crippen molar-refractivity contribution in [1.82, 2.24) is 10.6 Å². The van der Waals surface area contributed by atoms with Crippen LogP contribution in [0.3, 0.4) is 0 Å². The second kappa shape index (κ2) is 2.84. The van der Waals surface area contributed by atoms with Gasteiger partial charge in [0.15, 0.2) is 0 Å². The van der Waals surface area contributed by atoms with Gasteiger partial charge in [0.2, 0.25) is 0 Å². The van der Waals surface area contributed by atoms with Gasteiger partial charge in [0, 0.05) is 19.5 Å². The largest absolute Gasteiger partial charge is 0.300 e. The van der Waals surface area contributed by atoms with E-state index in [2.05, 4.69) is 17.2 Å². The lowest BCUT2D eigenvalue weighted by Crippen LogP contribution is -2.30. The van der Waals surface area contributed by atoms with E-state index in [1.165, 1.54) is 0 Å². The van der Waals surface area contributed by atoms with Crippen molar-refractivity contribution < 1.29 is 0 Å². The van der Waals surface area contributed by atoms with Crippen molar-refractivity contribution in [2.24, 2.45) is 0 Å². The minimum absolute atomic E-state index is 0.368. The highest BCUT2D eigenvalue weighted by Crippen LogP contribution is 1.89. The van der Waals surface area contributed by atoms with Crippen molar-refractivity contribution in [2.45, 2.75) is 6.17 Å². The zero-order valence-electron chi connectivity index (χ0n) is 4.85. The summed E-state index contributed by atoms with van der Waals surface area (Å²) < 4.78 is 0. The van der Waals surface area contributed by atoms with Gasteiger partial charge in [-0.05, 0) is 0 Å². The highest BCUT2D eigenvalue weighted by Gasteiger charge is 2.09. The molecule has 0 aliphatic carbocycles. The van der Waals surface area contributed by atoms with Crippen LogP contribution in [0.2, 0.25) is 0 Å². The zero-order chi connectivity index (χ0) is 5.82. The van der Waals surface area contributed by atoms with Crippen LogP contribution in [-0.2, 0) is 0 Å². The third-order valence-electron chi connectivity index (χ3n) is 1.18. The molecule has 0 unspecified atom stereocenters. The fraction of sp³-hybridized carbons (Fsp3) is 0.500. The van der Waals surface area contributed by atoms with Gasteiger partial charge in [-0.1, -0.05) is 6.08 Å². The Hall–Kier alpha value is -0.340. The number of rotatable bonds is 2. The molecule has 2 heteroatoms. The standard InChI is InChI=1S/C6H11N2/c1-2-3-6-7-4-5-8-6/h2-3,6-8H,1,4-5H2. The summed E-state index contributed by atoms with van der Waals surface area (Å²) in [5.41, 5.74) is 0. The Kier molecular flexibility index (Phi) is 2.06. The molecule has 1 heterocycles. The monoisotopic (exact) mass is 111 g/mol. The molecule has 0 spiro atoms. The van der Waals surface area contributed by atoms with E-state index in [-0.39, 0.29) is 0 Å². The van der Waals surface area contributed by atoms with Gasteiger partial charge in [-0.15, -0.1) is 6.58 Å². The van der Waals surface area contributed by atoms with Crippen molar-refractivity contribution in [1.29, 1.82) is 0 Å². The molecular weight excluding hydrogens is 100 g/mol. The summed E-state index contributed by atoms with van der Waals surface area (Å²) in [5.74, 6) is 0. The molecular formula is C6H11N2. The summed E-state index contributed by atoms with van der Waals surface area (Å²) in [6.45, 7) is 5.72. The molecule has 1 aliphatic rings. The Morgan fingerprint density at radius 3 is 2.50 bits per heavy atom. The van der Waals surface area contributed by atoms with E-state index < -0.39 is 0 Å². The molecule has 0 amide bonds. The van der Waals surface area contributed by atoms with E-state index in [0.29, 0.717) is 6.17 Å². The fourth-order valence-corrected chi connectivity index (χ4v) is 0.800. The lowest BCUT2D eigenvalue weighted by Gasteiger charge is -2.04. The number of nitrogens with one attached hydrogen (secondary N) is 2. The molecule has 1 radical (unpaired) electrons. The quantitative estimate of drug-likeness (QED) is 0.520. The predicted molar refractivity (Wildman–Crippen MR) is 34.3 cm³/mol. The molecule has 45 valence electrons. The van der Waals surface area contributed by atoms with Crippen LogP contribution in [0, 0.1) is 6.42 Å². The molecule has 1 rings (SSSR count). The molecule has 2 N–H and O–H groups in total. The number of hydrogen-bond acceptors (Lipinski definition) is 2. The smallest absolute Gasteiger partial charge is 0.0643 e. The Labute approximate surface area is 50.0 Å². The minimum Gasteiger partial charge on any atom is -0.300 e. The second-order valence-corrected chi connectivity index (χ2v) is 1.81. The minimum atomic E-state index is 0.368. The first-order valence-electron chi connectivity index (χ1n) is 2.86. The van der Waals surface area contributed by atoms with Gasteiger partial charge < -0.3 is 10.6 Å². The van der Waals surface area contributed by atoms with E-state index in [1.807, 2.05) is 6.42 Å². The van der Waals surface area contributed by atoms with Gasteiger partial charge >= 0.3 is 0 Å². The van der Waals surface area contributed by atoms with Crippen LogP contribution in [0.15, 0.2) is 12.7 Å². The molecule has 2 nitrogen and oxygen atoms in total. The van der Waals surface area contributed by atoms with Crippen molar-refractivity contribution in [3.63, 3.8) is 0 Å². The van der Waals surface area contributed by atoms with Crippen LogP contribution in [0.5, 0.6) is 0 Å². The molecule has 0 aromatic heterocycles. The van der Waals surface area contributed by atoms with Gasteiger partial charge in [-0.2, -0.15) is 0 Å². The lowest BCUT2D eigenvalue weighted by atomic mass is 10.3. The SMILES string of the molecule is C=C[CH]C1NCCN1. The molecule has 8 heavy (non-hydrogen) atoms. The molecule has 1 saturated heterocycles. The average molecular weight is 111 g/mol. The van der Waals surface area contributed by atoms with Gasteiger partial charge in [0.1, 0.15) is 0 Å². The summed E-state index contributed by atoms with van der Waals surface area (Å²) in [5, 5.41) is 6.44. The van der Waals surface area contributed by atoms with Crippen LogP contribution in [-0.4, -0.2) is 19.3 Å². The lowest BCUT2D eigenvalue weighted by molar-refractivity contribution is 0.638. The third kappa shape index (κ3) is 1.32. The normalized spacial score (nSPS) is 21.5. The van der Waals surface area contributed by atoms with Crippen molar-refractivity contribution in [2.75, 3.05) is 13.1 Å². The van der Waals surface area contributed by atoms with E-state index in [4.69, 9.17) is 0 Å². The van der Waals surface area contributed by atoms with Crippen molar-refractivity contribution >= 4 is 0 Å². The van der Waals surface area contributed by atoms with Crippen molar-refractivity contribution in [3.05, 3.63) is 19.1 Å². The molecule has 1 fully saturated rings. The molecule has 0 aromatic carbocycles. The summed E-state index contributed by atoms with van der Waals surface area (Å²) in [6.07, 6.45) is 4.18.